The smallest absolute Gasteiger partial charge is 0.305 e. The van der Waals surface area contributed by atoms with E-state index in [1.165, 1.54) is 54.9 Å². The third-order valence-corrected chi connectivity index (χ3v) is 11.7. The fourth-order valence-corrected chi connectivity index (χ4v) is 8.25. The molecule has 0 saturated heterocycles. The molecular weight excluding hydrogens is 943 g/mol. The minimum Gasteiger partial charge on any atom is -0.305 e. The fraction of sp³-hybridized carbons (Fsp3) is 0.237. The fourth-order valence-electron chi connectivity index (χ4n) is 8.25. The summed E-state index contributed by atoms with van der Waals surface area (Å²) < 4.78 is 100. The third-order valence-electron chi connectivity index (χ3n) is 11.7. The molecule has 0 radical (unpaired) electrons. The molecular formula is C59H54IrN3. The first-order chi connectivity index (χ1) is 34.6. The monoisotopic (exact) mass is 1010 g/mol. The van der Waals surface area contributed by atoms with Gasteiger partial charge in [-0.2, -0.15) is 0 Å². The van der Waals surface area contributed by atoms with E-state index in [2.05, 4.69) is 45.3 Å². The Bertz CT molecular complexity index is 3070. The summed E-state index contributed by atoms with van der Waals surface area (Å²) in [6, 6.07) is 49.4. The van der Waals surface area contributed by atoms with Crippen LogP contribution in [0, 0.1) is 25.1 Å². The van der Waals surface area contributed by atoms with Gasteiger partial charge < -0.3 is 15.0 Å². The summed E-state index contributed by atoms with van der Waals surface area (Å²) >= 11 is 0. The predicted molar refractivity (Wildman–Crippen MR) is 255 cm³/mol. The van der Waals surface area contributed by atoms with Crippen LogP contribution in [0.4, 0.5) is 0 Å². The van der Waals surface area contributed by atoms with Crippen LogP contribution < -0.4 is 0 Å². The van der Waals surface area contributed by atoms with Crippen molar-refractivity contribution in [2.75, 3.05) is 0 Å². The molecule has 1 fully saturated rings. The van der Waals surface area contributed by atoms with Gasteiger partial charge >= 0.3 is 20.1 Å². The van der Waals surface area contributed by atoms with E-state index in [9.17, 15) is 11.0 Å². The zero-order valence-corrected chi connectivity index (χ0v) is 37.7. The van der Waals surface area contributed by atoms with E-state index < -0.39 is 37.8 Å². The number of pyridine rings is 3. The van der Waals surface area contributed by atoms with Crippen LogP contribution in [0.15, 0.2) is 158 Å². The minimum absolute atomic E-state index is 0. The second-order valence-corrected chi connectivity index (χ2v) is 16.6. The van der Waals surface area contributed by atoms with Crippen molar-refractivity contribution in [1.82, 2.24) is 15.0 Å². The SMILES string of the molecule is [2H]C([2H])([2H])c1cnc(-c2[c-]cc(C(C)(C)Cc3cc(C([2H])([2H])C([2H])([2H])c4c[c-]c(-c5ccccn5)cc4)cc(C([2H])([2H])C([2H])([2H])c4c[c-]c(-c5ccccn5)cc4)c3)cc2)cc1-c1ccc(C2CCCC2)cc1.[Ir+3]. The van der Waals surface area contributed by atoms with Gasteiger partial charge in [-0.3, -0.25) is 0 Å². The van der Waals surface area contributed by atoms with Crippen molar-refractivity contribution in [2.24, 2.45) is 0 Å². The molecule has 0 spiro atoms. The van der Waals surface area contributed by atoms with Gasteiger partial charge in [-0.25, -0.2) is 0 Å². The summed E-state index contributed by atoms with van der Waals surface area (Å²) in [5.41, 5.74) is 6.70. The Morgan fingerprint density at radius 3 is 1.67 bits per heavy atom. The molecule has 1 aliphatic carbocycles. The number of benzene rings is 5. The summed E-state index contributed by atoms with van der Waals surface area (Å²) in [5.74, 6) is 0.523. The van der Waals surface area contributed by atoms with Gasteiger partial charge in [0.2, 0.25) is 0 Å². The molecule has 9 rings (SSSR count). The quantitative estimate of drug-likeness (QED) is 0.102. The molecule has 0 atom stereocenters. The number of hydrogen-bond acceptors (Lipinski definition) is 3. The Morgan fingerprint density at radius 1 is 0.587 bits per heavy atom. The number of rotatable bonds is 14. The number of hydrogen-bond donors (Lipinski definition) is 0. The first kappa shape index (κ1) is 31.9. The number of aromatic nitrogens is 3. The zero-order valence-electron chi connectivity index (χ0n) is 46.3. The largest absolute Gasteiger partial charge is 3.00 e. The molecule has 1 aliphatic rings. The molecule has 0 aliphatic heterocycles. The van der Waals surface area contributed by atoms with Crippen LogP contribution in [0.3, 0.4) is 0 Å². The van der Waals surface area contributed by atoms with Crippen molar-refractivity contribution >= 4 is 0 Å². The topological polar surface area (TPSA) is 38.7 Å². The van der Waals surface area contributed by atoms with E-state index in [-0.39, 0.29) is 54.3 Å². The Morgan fingerprint density at radius 2 is 1.14 bits per heavy atom. The molecule has 1 saturated carbocycles. The molecule has 3 aromatic heterocycles. The normalized spacial score (nSPS) is 16.6. The number of aryl methyl sites for hydroxylation is 5. The molecule has 0 unspecified atom stereocenters. The minimum atomic E-state index is -2.77. The first-order valence-electron chi connectivity index (χ1n) is 26.7. The molecule has 3 nitrogen and oxygen atoms in total. The van der Waals surface area contributed by atoms with Gasteiger partial charge in [0.25, 0.3) is 0 Å². The second kappa shape index (κ2) is 20.1. The molecule has 314 valence electrons. The maximum absolute atomic E-state index is 9.51. The maximum Gasteiger partial charge on any atom is 3.00 e. The summed E-state index contributed by atoms with van der Waals surface area (Å²) in [7, 11) is 0. The third kappa shape index (κ3) is 10.9. The zero-order chi connectivity index (χ0) is 52.0. The van der Waals surface area contributed by atoms with Crippen molar-refractivity contribution in [2.45, 2.75) is 89.6 Å². The number of nitrogens with zero attached hydrogens (tertiary/aromatic N) is 3. The summed E-state index contributed by atoms with van der Waals surface area (Å²) in [6.07, 6.45) is -1.20. The Balaban J connectivity index is 0.00000729. The predicted octanol–water partition coefficient (Wildman–Crippen LogP) is 14.0. The Hall–Kier alpha value is -5.80. The average Bonchev–Trinajstić information content (AvgIpc) is 3.94. The van der Waals surface area contributed by atoms with Crippen molar-refractivity contribution in [3.8, 4) is 44.9 Å². The van der Waals surface area contributed by atoms with E-state index in [0.29, 0.717) is 50.8 Å². The van der Waals surface area contributed by atoms with Crippen molar-refractivity contribution < 1.29 is 35.2 Å². The molecule has 0 N–H and O–H groups in total. The van der Waals surface area contributed by atoms with Crippen LogP contribution in [-0.2, 0) is 57.4 Å². The van der Waals surface area contributed by atoms with Crippen LogP contribution in [0.5, 0.6) is 0 Å². The van der Waals surface area contributed by atoms with E-state index in [1.807, 2.05) is 56.3 Å². The van der Waals surface area contributed by atoms with Gasteiger partial charge in [-0.15, -0.1) is 106 Å². The Kier molecular flexibility index (Phi) is 10.2. The van der Waals surface area contributed by atoms with E-state index in [0.717, 1.165) is 24.0 Å². The standard InChI is InChI=1S/C59H54N3.Ir/c1-42-41-62-58(39-55(42)50-28-26-49(27-29-50)48-10-4-5-11-48)53-30-32-54(33-31-53)59(2,3)40-47-37-45(16-14-43-18-22-51(23-19-43)56-12-6-8-34-60-56)36-46(38-47)17-15-44-20-24-52(25-21-44)57-13-7-9-35-61-57;/h6-9,12-13,18-22,24,26-30,32-39,41,48H,4-5,10-11,14-17,40H2,1-3H3;/q-3;+3/i1D3,14D2,15D2,16D2,17D2;. The molecule has 0 amide bonds. The molecule has 5 aromatic carbocycles. The van der Waals surface area contributed by atoms with Crippen LogP contribution in [0.2, 0.25) is 0 Å². The molecule has 0 bridgehead atoms. The summed E-state index contributed by atoms with van der Waals surface area (Å²) in [6.45, 7) is 1.58. The molecule has 63 heavy (non-hydrogen) atoms. The van der Waals surface area contributed by atoms with Crippen LogP contribution >= 0.6 is 0 Å². The van der Waals surface area contributed by atoms with Gasteiger partial charge in [-0.1, -0.05) is 112 Å². The van der Waals surface area contributed by atoms with Crippen molar-refractivity contribution in [3.63, 3.8) is 0 Å². The van der Waals surface area contributed by atoms with Crippen molar-refractivity contribution in [1.29, 1.82) is 0 Å². The molecule has 3 heterocycles. The maximum atomic E-state index is 9.51. The van der Waals surface area contributed by atoms with Crippen LogP contribution in [-0.4, -0.2) is 15.0 Å². The van der Waals surface area contributed by atoms with Gasteiger partial charge in [0.15, 0.2) is 0 Å². The molecule has 4 heteroatoms. The summed E-state index contributed by atoms with van der Waals surface area (Å²) in [4.78, 5) is 13.3. The second-order valence-electron chi connectivity index (χ2n) is 16.6. The Labute approximate surface area is 404 Å². The van der Waals surface area contributed by atoms with Crippen LogP contribution in [0.1, 0.15) is 105 Å². The molecule has 8 aromatic rings. The van der Waals surface area contributed by atoms with E-state index >= 15 is 0 Å². The van der Waals surface area contributed by atoms with Gasteiger partial charge in [-0.05, 0) is 118 Å². The van der Waals surface area contributed by atoms with Crippen molar-refractivity contribution in [3.05, 3.63) is 221 Å². The van der Waals surface area contributed by atoms with E-state index in [1.54, 1.807) is 67.0 Å². The first-order valence-corrected chi connectivity index (χ1v) is 21.2. The van der Waals surface area contributed by atoms with Gasteiger partial charge in [0.05, 0.1) is 0 Å². The summed E-state index contributed by atoms with van der Waals surface area (Å²) in [5, 5.41) is 0. The van der Waals surface area contributed by atoms with Gasteiger partial charge in [0, 0.05) is 33.7 Å². The van der Waals surface area contributed by atoms with E-state index in [4.69, 9.17) is 4.11 Å². The average molecular weight is 1010 g/mol. The van der Waals surface area contributed by atoms with Crippen LogP contribution in [0.25, 0.3) is 44.9 Å². The van der Waals surface area contributed by atoms with Gasteiger partial charge in [0.1, 0.15) is 0 Å².